The molecule has 0 fully saturated rings. The summed E-state index contributed by atoms with van der Waals surface area (Å²) in [4.78, 5) is 52.1. The molecule has 208 valence electrons. The van der Waals surface area contributed by atoms with Gasteiger partial charge in [0.15, 0.2) is 0 Å². The number of carbonyl (C=O) groups is 4. The predicted octanol–water partition coefficient (Wildman–Crippen LogP) is 3.39. The first-order valence-electron chi connectivity index (χ1n) is 12.0. The summed E-state index contributed by atoms with van der Waals surface area (Å²) in [5, 5.41) is 0. The van der Waals surface area contributed by atoms with Crippen LogP contribution in [-0.4, -0.2) is 91.6 Å². The summed E-state index contributed by atoms with van der Waals surface area (Å²) in [7, 11) is 1.47. The molecule has 0 aliphatic heterocycles. The Balaban J connectivity index is 2.70. The smallest absolute Gasteiger partial charge is 0.410 e. The largest absolute Gasteiger partial charge is 0.462 e. The average Bonchev–Trinajstić information content (AvgIpc) is 2.78. The maximum atomic E-state index is 12.6. The Morgan fingerprint density at radius 2 is 1.16 bits per heavy atom. The fourth-order valence-corrected chi connectivity index (χ4v) is 2.73. The predicted molar refractivity (Wildman–Crippen MR) is 135 cm³/mol. The summed E-state index contributed by atoms with van der Waals surface area (Å²) in [6.45, 7) is 9.51. The minimum Gasteiger partial charge on any atom is -0.462 e. The van der Waals surface area contributed by atoms with E-state index in [0.29, 0.717) is 0 Å². The van der Waals surface area contributed by atoms with E-state index in [0.717, 1.165) is 10.5 Å². The maximum absolute atomic E-state index is 12.6. The molecule has 11 nitrogen and oxygen atoms in total. The lowest BCUT2D eigenvalue weighted by atomic mass is 10.2. The van der Waals surface area contributed by atoms with Gasteiger partial charge in [-0.2, -0.15) is 0 Å². The molecule has 0 heterocycles. The molecule has 37 heavy (non-hydrogen) atoms. The quantitative estimate of drug-likeness (QED) is 0.299. The van der Waals surface area contributed by atoms with E-state index in [4.69, 9.17) is 23.7 Å². The Morgan fingerprint density at radius 3 is 1.62 bits per heavy atom. The third-order valence-electron chi connectivity index (χ3n) is 4.38. The van der Waals surface area contributed by atoms with Crippen LogP contribution in [0.15, 0.2) is 30.3 Å². The number of nitrogens with zero attached hydrogens (tertiary/aromatic N) is 2. The lowest BCUT2D eigenvalue weighted by molar-refractivity contribution is -0.147. The molecule has 1 rings (SSSR count). The number of methoxy groups -OCH3 is 1. The van der Waals surface area contributed by atoms with Crippen molar-refractivity contribution in [2.24, 2.45) is 0 Å². The van der Waals surface area contributed by atoms with Gasteiger partial charge in [0.25, 0.3) is 0 Å². The summed E-state index contributed by atoms with van der Waals surface area (Å²) < 4.78 is 26.2. The van der Waals surface area contributed by atoms with Gasteiger partial charge in [0.2, 0.25) is 0 Å². The van der Waals surface area contributed by atoms with Crippen LogP contribution in [0, 0.1) is 0 Å². The maximum Gasteiger partial charge on any atom is 0.410 e. The monoisotopic (exact) mass is 524 g/mol. The SMILES string of the molecule is COCCN(CC(=O)OCCN(CC(=O)OCc1ccccc1)C(=O)OC(C)(C)C)C(=O)OC(C)(C)C. The molecule has 1 aromatic carbocycles. The number of carbonyl (C=O) groups excluding carboxylic acids is 4. The molecule has 0 bridgehead atoms. The lowest BCUT2D eigenvalue weighted by Gasteiger charge is -2.27. The highest BCUT2D eigenvalue weighted by Crippen LogP contribution is 2.12. The fourth-order valence-electron chi connectivity index (χ4n) is 2.73. The first-order chi connectivity index (χ1) is 17.2. The number of hydrogen-bond donors (Lipinski definition) is 0. The molecule has 0 atom stereocenters. The van der Waals surface area contributed by atoms with Gasteiger partial charge in [-0.05, 0) is 47.1 Å². The van der Waals surface area contributed by atoms with Crippen molar-refractivity contribution in [3.63, 3.8) is 0 Å². The third-order valence-corrected chi connectivity index (χ3v) is 4.38. The van der Waals surface area contributed by atoms with Crippen molar-refractivity contribution in [2.45, 2.75) is 59.4 Å². The van der Waals surface area contributed by atoms with Gasteiger partial charge < -0.3 is 23.7 Å². The zero-order valence-electron chi connectivity index (χ0n) is 22.9. The Morgan fingerprint density at radius 1 is 0.703 bits per heavy atom. The van der Waals surface area contributed by atoms with Crippen molar-refractivity contribution in [3.05, 3.63) is 35.9 Å². The molecule has 0 saturated heterocycles. The minimum atomic E-state index is -0.796. The van der Waals surface area contributed by atoms with Crippen molar-refractivity contribution >= 4 is 24.1 Å². The molecule has 0 radical (unpaired) electrons. The van der Waals surface area contributed by atoms with Crippen molar-refractivity contribution < 1.29 is 42.9 Å². The zero-order chi connectivity index (χ0) is 28.1. The molecule has 0 aliphatic carbocycles. The third kappa shape index (κ3) is 14.7. The second-order valence-electron chi connectivity index (χ2n) is 10.2. The highest BCUT2D eigenvalue weighted by atomic mass is 16.6. The van der Waals surface area contributed by atoms with Crippen molar-refractivity contribution in [2.75, 3.05) is 46.5 Å². The van der Waals surface area contributed by atoms with Gasteiger partial charge in [-0.1, -0.05) is 30.3 Å². The van der Waals surface area contributed by atoms with Crippen LogP contribution in [0.3, 0.4) is 0 Å². The van der Waals surface area contributed by atoms with E-state index in [2.05, 4.69) is 0 Å². The van der Waals surface area contributed by atoms with E-state index in [1.54, 1.807) is 41.5 Å². The molecule has 0 unspecified atom stereocenters. The molecule has 0 N–H and O–H groups in total. The summed E-state index contributed by atoms with van der Waals surface area (Å²) in [6.07, 6.45) is -1.44. The van der Waals surface area contributed by atoms with E-state index in [-0.39, 0.29) is 39.5 Å². The van der Waals surface area contributed by atoms with E-state index in [1.165, 1.54) is 12.0 Å². The molecular weight excluding hydrogens is 484 g/mol. The van der Waals surface area contributed by atoms with Gasteiger partial charge in [0.1, 0.15) is 37.5 Å². The van der Waals surface area contributed by atoms with E-state index < -0.39 is 41.9 Å². The van der Waals surface area contributed by atoms with Gasteiger partial charge in [0, 0.05) is 13.7 Å². The number of benzene rings is 1. The second-order valence-corrected chi connectivity index (χ2v) is 10.2. The molecule has 0 saturated carbocycles. The van der Waals surface area contributed by atoms with Gasteiger partial charge in [-0.3, -0.25) is 19.4 Å². The first kappa shape index (κ1) is 31.7. The van der Waals surface area contributed by atoms with Gasteiger partial charge in [-0.15, -0.1) is 0 Å². The molecule has 0 aromatic heterocycles. The minimum absolute atomic E-state index is 0.0544. The Labute approximate surface area is 218 Å². The summed E-state index contributed by atoms with van der Waals surface area (Å²) in [5.74, 6) is -1.35. The van der Waals surface area contributed by atoms with Gasteiger partial charge in [-0.25, -0.2) is 9.59 Å². The molecule has 1 aromatic rings. The van der Waals surface area contributed by atoms with Crippen LogP contribution < -0.4 is 0 Å². The van der Waals surface area contributed by atoms with Crippen molar-refractivity contribution in [1.82, 2.24) is 9.80 Å². The van der Waals surface area contributed by atoms with Crippen LogP contribution >= 0.6 is 0 Å². The molecule has 0 aliphatic rings. The summed E-state index contributed by atoms with van der Waals surface area (Å²) >= 11 is 0. The number of esters is 2. The molecule has 0 spiro atoms. The summed E-state index contributed by atoms with van der Waals surface area (Å²) in [5.41, 5.74) is -0.735. The molecule has 2 amide bonds. The van der Waals surface area contributed by atoms with Crippen LogP contribution in [0.4, 0.5) is 9.59 Å². The van der Waals surface area contributed by atoms with Gasteiger partial charge in [0.05, 0.1) is 13.2 Å². The standard InChI is InChI=1S/C26H40N2O9/c1-25(2,3)36-23(31)27(13-15-33-7)17-21(29)34-16-14-28(24(32)37-26(4,5)6)18-22(30)35-19-20-11-9-8-10-12-20/h8-12H,13-19H2,1-7H3. The molecule has 11 heteroatoms. The summed E-state index contributed by atoms with van der Waals surface area (Å²) in [6, 6.07) is 9.12. The normalized spacial score (nSPS) is 11.3. The Hall–Kier alpha value is -3.34. The van der Waals surface area contributed by atoms with Crippen LogP contribution in [0.2, 0.25) is 0 Å². The van der Waals surface area contributed by atoms with Crippen molar-refractivity contribution in [1.29, 1.82) is 0 Å². The highest BCUT2D eigenvalue weighted by molar-refractivity contribution is 5.79. The molecular formula is C26H40N2O9. The highest BCUT2D eigenvalue weighted by Gasteiger charge is 2.26. The van der Waals surface area contributed by atoms with Crippen LogP contribution in [0.5, 0.6) is 0 Å². The van der Waals surface area contributed by atoms with E-state index in [1.807, 2.05) is 30.3 Å². The van der Waals surface area contributed by atoms with Crippen molar-refractivity contribution in [3.8, 4) is 0 Å². The number of amides is 2. The average molecular weight is 525 g/mol. The van der Waals surface area contributed by atoms with Gasteiger partial charge >= 0.3 is 24.1 Å². The first-order valence-corrected chi connectivity index (χ1v) is 12.0. The van der Waals surface area contributed by atoms with Crippen LogP contribution in [-0.2, 0) is 39.9 Å². The van der Waals surface area contributed by atoms with Crippen LogP contribution in [0.1, 0.15) is 47.1 Å². The zero-order valence-corrected chi connectivity index (χ0v) is 22.9. The topological polar surface area (TPSA) is 121 Å². The second kappa shape index (κ2) is 15.0. The van der Waals surface area contributed by atoms with Crippen LogP contribution in [0.25, 0.3) is 0 Å². The number of rotatable bonds is 12. The lowest BCUT2D eigenvalue weighted by Crippen LogP contribution is -2.43. The van der Waals surface area contributed by atoms with E-state index >= 15 is 0 Å². The number of hydrogen-bond acceptors (Lipinski definition) is 9. The fraction of sp³-hybridized carbons (Fsp3) is 0.615. The number of ether oxygens (including phenoxy) is 5. The Bertz CT molecular complexity index is 876. The Kier molecular flexibility index (Phi) is 12.9. The van der Waals surface area contributed by atoms with E-state index in [9.17, 15) is 19.2 Å².